The van der Waals surface area contributed by atoms with Crippen LogP contribution in [0.4, 0.5) is 11.6 Å². The van der Waals surface area contributed by atoms with Crippen LogP contribution >= 0.6 is 0 Å². The second-order valence-corrected chi connectivity index (χ2v) is 10.2. The first-order chi connectivity index (χ1) is 19.2. The summed E-state index contributed by atoms with van der Waals surface area (Å²) in [5.41, 5.74) is 3.37. The van der Waals surface area contributed by atoms with Crippen LogP contribution in [0.15, 0.2) is 77.9 Å². The smallest absolute Gasteiger partial charge is 0.278 e. The molecule has 1 fully saturated rings. The Kier molecular flexibility index (Phi) is 6.13. The fraction of sp³-hybridized carbons (Fsp3) is 0.300. The van der Waals surface area contributed by atoms with Gasteiger partial charge in [0, 0.05) is 48.1 Å². The van der Waals surface area contributed by atoms with Gasteiger partial charge >= 0.3 is 0 Å². The van der Waals surface area contributed by atoms with Crippen molar-refractivity contribution in [2.45, 2.75) is 32.4 Å². The zero-order valence-electron chi connectivity index (χ0n) is 21.8. The molecule has 2 aromatic carbocycles. The van der Waals surface area contributed by atoms with Crippen LogP contribution in [0, 0.1) is 0 Å². The minimum absolute atomic E-state index is 0.120. The second kappa shape index (κ2) is 10.1. The molecule has 0 unspecified atom stereocenters. The summed E-state index contributed by atoms with van der Waals surface area (Å²) in [4.78, 5) is 25.2. The van der Waals surface area contributed by atoms with Gasteiger partial charge in [0.05, 0.1) is 18.8 Å². The zero-order valence-corrected chi connectivity index (χ0v) is 21.8. The first-order valence-corrected chi connectivity index (χ1v) is 13.7. The third kappa shape index (κ3) is 4.59. The lowest BCUT2D eigenvalue weighted by molar-refractivity contribution is 0.175. The number of anilines is 2. The van der Waals surface area contributed by atoms with Crippen molar-refractivity contribution in [2.24, 2.45) is 0 Å². The molecule has 0 atom stereocenters. The van der Waals surface area contributed by atoms with Crippen molar-refractivity contribution in [3.05, 3.63) is 83.4 Å². The summed E-state index contributed by atoms with van der Waals surface area (Å²) in [5, 5.41) is 5.00. The average Bonchev–Trinajstić information content (AvgIpc) is 3.44. The summed E-state index contributed by atoms with van der Waals surface area (Å²) in [6, 6.07) is 16.3. The molecule has 9 heteroatoms. The van der Waals surface area contributed by atoms with E-state index in [0.29, 0.717) is 30.1 Å². The molecule has 0 saturated carbocycles. The molecule has 5 aromatic rings. The number of allylic oxidation sites excluding steroid dienone is 2. The number of likely N-dealkylation sites (tertiary alicyclic amines) is 1. The monoisotopic (exact) mass is 521 g/mol. The van der Waals surface area contributed by atoms with Crippen molar-refractivity contribution in [1.29, 1.82) is 0 Å². The summed E-state index contributed by atoms with van der Waals surface area (Å²) in [7, 11) is 0. The molecule has 0 radical (unpaired) electrons. The molecule has 0 amide bonds. The molecule has 5 heterocycles. The highest BCUT2D eigenvalue weighted by atomic mass is 16.5. The van der Waals surface area contributed by atoms with E-state index in [0.717, 1.165) is 48.4 Å². The highest BCUT2D eigenvalue weighted by Gasteiger charge is 2.18. The summed E-state index contributed by atoms with van der Waals surface area (Å²) >= 11 is 0. The van der Waals surface area contributed by atoms with E-state index in [2.05, 4.69) is 56.3 Å². The molecule has 198 valence electrons. The molecule has 9 nitrogen and oxygen atoms in total. The van der Waals surface area contributed by atoms with E-state index in [-0.39, 0.29) is 5.56 Å². The number of nitrogens with zero attached hydrogens (tertiary/aromatic N) is 6. The molecule has 0 aliphatic carbocycles. The Bertz CT molecular complexity index is 1740. The second-order valence-electron chi connectivity index (χ2n) is 10.2. The Labute approximate surface area is 225 Å². The van der Waals surface area contributed by atoms with E-state index in [1.165, 1.54) is 25.0 Å². The summed E-state index contributed by atoms with van der Waals surface area (Å²) in [6.07, 6.45) is 11.0. The van der Waals surface area contributed by atoms with Gasteiger partial charge < -0.3 is 19.5 Å². The molecule has 2 bridgehead atoms. The number of aromatic nitrogens is 5. The minimum Gasteiger partial charge on any atom is -0.494 e. The number of ether oxygens (including phenoxy) is 1. The van der Waals surface area contributed by atoms with E-state index >= 15 is 0 Å². The first kappa shape index (κ1) is 23.7. The van der Waals surface area contributed by atoms with Crippen molar-refractivity contribution >= 4 is 33.6 Å². The van der Waals surface area contributed by atoms with Crippen LogP contribution in [0.25, 0.3) is 27.6 Å². The van der Waals surface area contributed by atoms with Gasteiger partial charge in [0.25, 0.3) is 5.56 Å². The van der Waals surface area contributed by atoms with Gasteiger partial charge in [-0.05, 0) is 68.8 Å². The van der Waals surface area contributed by atoms with Crippen LogP contribution in [0.2, 0.25) is 0 Å². The molecule has 2 aliphatic rings. The number of nitrogens with one attached hydrogen (secondary N) is 1. The molecule has 2 aliphatic heterocycles. The fourth-order valence-electron chi connectivity index (χ4n) is 5.36. The van der Waals surface area contributed by atoms with Crippen molar-refractivity contribution in [3.8, 4) is 11.4 Å². The molecule has 1 saturated heterocycles. The quantitative estimate of drug-likeness (QED) is 0.337. The summed E-state index contributed by atoms with van der Waals surface area (Å²) < 4.78 is 11.8. The van der Waals surface area contributed by atoms with Crippen molar-refractivity contribution in [3.63, 3.8) is 0 Å². The molecular weight excluding hydrogens is 490 g/mol. The molecule has 1 N–H and O–H groups in total. The maximum atomic E-state index is 13.4. The average molecular weight is 522 g/mol. The van der Waals surface area contributed by atoms with Gasteiger partial charge in [-0.15, -0.1) is 0 Å². The summed E-state index contributed by atoms with van der Waals surface area (Å²) in [6.45, 7) is 5.61. The third-order valence-corrected chi connectivity index (χ3v) is 7.60. The number of fused-ring (bicyclic) bond motifs is 7. The van der Waals surface area contributed by atoms with Crippen molar-refractivity contribution in [2.75, 3.05) is 31.6 Å². The van der Waals surface area contributed by atoms with Crippen LogP contribution in [0.5, 0.6) is 5.75 Å². The van der Waals surface area contributed by atoms with E-state index in [9.17, 15) is 4.79 Å². The van der Waals surface area contributed by atoms with E-state index in [1.807, 2.05) is 35.0 Å². The lowest BCUT2D eigenvalue weighted by Crippen LogP contribution is -2.39. The highest BCUT2D eigenvalue weighted by Crippen LogP contribution is 2.25. The molecule has 0 spiro atoms. The normalized spacial score (nSPS) is 16.6. The summed E-state index contributed by atoms with van der Waals surface area (Å²) in [5.74, 6) is 1.21. The predicted octanol–water partition coefficient (Wildman–Crippen LogP) is 4.72. The van der Waals surface area contributed by atoms with Crippen LogP contribution < -0.4 is 15.6 Å². The highest BCUT2D eigenvalue weighted by molar-refractivity contribution is 5.85. The predicted molar refractivity (Wildman–Crippen MR) is 153 cm³/mol. The van der Waals surface area contributed by atoms with Gasteiger partial charge in [-0.25, -0.2) is 14.3 Å². The third-order valence-electron chi connectivity index (χ3n) is 7.60. The Balaban J connectivity index is 1.23. The molecule has 7 rings (SSSR count). The molecule has 3 aromatic heterocycles. The van der Waals surface area contributed by atoms with Gasteiger partial charge in [0.2, 0.25) is 5.95 Å². The van der Waals surface area contributed by atoms with Gasteiger partial charge in [-0.3, -0.25) is 4.79 Å². The Morgan fingerprint density at radius 1 is 1.00 bits per heavy atom. The Morgan fingerprint density at radius 2 is 1.95 bits per heavy atom. The minimum atomic E-state index is -0.120. The van der Waals surface area contributed by atoms with Gasteiger partial charge in [-0.1, -0.05) is 18.2 Å². The standard InChI is InChI=1S/C30H31N7O2/c38-29-26-21-31-30(32-23-9-10-27-22(19-23)11-15-35(27)17-16-34-12-6-13-34)33-28(26)37-24-7-5-8-25(20-24)39-18-4-2-1-3-14-36(29)37/h1,3,5,7-11,15,19-21H,2,4,6,12-14,16-18H2,(H,31,32,33)/b3-1-. The van der Waals surface area contributed by atoms with Crippen LogP contribution in [-0.2, 0) is 13.1 Å². The fourth-order valence-corrected chi connectivity index (χ4v) is 5.36. The maximum Gasteiger partial charge on any atom is 0.278 e. The number of hydrogen-bond donors (Lipinski definition) is 1. The number of hydrogen-bond acceptors (Lipinski definition) is 6. The van der Waals surface area contributed by atoms with Crippen molar-refractivity contribution < 1.29 is 4.74 Å². The number of rotatable bonds is 5. The number of benzene rings is 2. The largest absolute Gasteiger partial charge is 0.494 e. The van der Waals surface area contributed by atoms with Gasteiger partial charge in [-0.2, -0.15) is 4.98 Å². The van der Waals surface area contributed by atoms with Gasteiger partial charge in [0.1, 0.15) is 11.1 Å². The van der Waals surface area contributed by atoms with Crippen LogP contribution in [0.1, 0.15) is 19.3 Å². The first-order valence-electron chi connectivity index (χ1n) is 13.7. The topological polar surface area (TPSA) is 82.1 Å². The Hall–Kier alpha value is -4.37. The zero-order chi connectivity index (χ0) is 26.2. The lowest BCUT2D eigenvalue weighted by Gasteiger charge is -2.30. The van der Waals surface area contributed by atoms with Crippen molar-refractivity contribution in [1.82, 2.24) is 28.8 Å². The molecular formula is C30H31N7O2. The van der Waals surface area contributed by atoms with E-state index < -0.39 is 0 Å². The lowest BCUT2D eigenvalue weighted by atomic mass is 10.2. The Morgan fingerprint density at radius 3 is 2.85 bits per heavy atom. The van der Waals surface area contributed by atoms with Gasteiger partial charge in [0.15, 0.2) is 5.65 Å². The SMILES string of the molecule is O=c1c2cnc(Nc3ccc4c(ccn4CCN4CCC4)c3)nc2n2n1C/C=C\CCCOc1cccc-2c1. The molecule has 39 heavy (non-hydrogen) atoms. The maximum absolute atomic E-state index is 13.4. The van der Waals surface area contributed by atoms with E-state index in [1.54, 1.807) is 10.9 Å². The van der Waals surface area contributed by atoms with Crippen LogP contribution in [-0.4, -0.2) is 55.0 Å². The van der Waals surface area contributed by atoms with E-state index in [4.69, 9.17) is 9.72 Å². The van der Waals surface area contributed by atoms with Crippen LogP contribution in [0.3, 0.4) is 0 Å².